The van der Waals surface area contributed by atoms with Gasteiger partial charge in [-0.25, -0.2) is 9.18 Å². The number of carboxylic acids is 1. The van der Waals surface area contributed by atoms with Crippen LogP contribution < -0.4 is 5.73 Å². The molecule has 1 aromatic carbocycles. The first-order valence-corrected chi connectivity index (χ1v) is 6.01. The van der Waals surface area contributed by atoms with Crippen molar-refractivity contribution in [2.75, 3.05) is 0 Å². The number of carbonyl (C=O) groups is 1. The summed E-state index contributed by atoms with van der Waals surface area (Å²) in [4.78, 5) is 11.0. The van der Waals surface area contributed by atoms with Gasteiger partial charge in [-0.2, -0.15) is 0 Å². The van der Waals surface area contributed by atoms with Crippen LogP contribution in [0.15, 0.2) is 12.1 Å². The predicted octanol–water partition coefficient (Wildman–Crippen LogP) is 3.23. The van der Waals surface area contributed by atoms with Crippen molar-refractivity contribution >= 4 is 5.97 Å². The molecule has 3 N–H and O–H groups in total. The van der Waals surface area contributed by atoms with Crippen molar-refractivity contribution in [3.05, 3.63) is 34.6 Å². The van der Waals surface area contributed by atoms with E-state index in [4.69, 9.17) is 10.8 Å². The van der Waals surface area contributed by atoms with Crippen LogP contribution in [0.3, 0.4) is 0 Å². The zero-order chi connectivity index (χ0) is 14.1. The third-order valence-corrected chi connectivity index (χ3v) is 2.99. The van der Waals surface area contributed by atoms with Crippen molar-refractivity contribution in [2.45, 2.75) is 45.6 Å². The highest BCUT2D eigenvalue weighted by Crippen LogP contribution is 2.33. The normalized spacial score (nSPS) is 13.4. The fraction of sp³-hybridized carbons (Fsp3) is 0.500. The number of aromatic carboxylic acids is 1. The summed E-state index contributed by atoms with van der Waals surface area (Å²) in [6.45, 7) is 7.47. The number of carboxylic acid groups (broad SMARTS) is 1. The molecule has 0 aliphatic heterocycles. The van der Waals surface area contributed by atoms with Crippen LogP contribution in [0.25, 0.3) is 0 Å². The van der Waals surface area contributed by atoms with E-state index in [1.165, 1.54) is 6.07 Å². The SMILES string of the molecule is CCC(N)c1ccc(C(=O)O)c(F)c1C(C)(C)C. The van der Waals surface area contributed by atoms with E-state index in [0.29, 0.717) is 17.5 Å². The highest BCUT2D eigenvalue weighted by atomic mass is 19.1. The van der Waals surface area contributed by atoms with E-state index in [1.807, 2.05) is 27.7 Å². The summed E-state index contributed by atoms with van der Waals surface area (Å²) < 4.78 is 14.3. The Labute approximate surface area is 107 Å². The zero-order valence-electron chi connectivity index (χ0n) is 11.2. The lowest BCUT2D eigenvalue weighted by Gasteiger charge is -2.26. The van der Waals surface area contributed by atoms with Crippen molar-refractivity contribution < 1.29 is 14.3 Å². The van der Waals surface area contributed by atoms with Gasteiger partial charge >= 0.3 is 5.97 Å². The molecule has 0 aromatic heterocycles. The topological polar surface area (TPSA) is 63.3 Å². The summed E-state index contributed by atoms with van der Waals surface area (Å²) >= 11 is 0. The monoisotopic (exact) mass is 253 g/mol. The van der Waals surface area contributed by atoms with E-state index < -0.39 is 17.2 Å². The Kier molecular flexibility index (Phi) is 4.12. The molecule has 0 saturated carbocycles. The fourth-order valence-corrected chi connectivity index (χ4v) is 2.05. The summed E-state index contributed by atoms with van der Waals surface area (Å²) in [5.41, 5.74) is 6.27. The van der Waals surface area contributed by atoms with Crippen LogP contribution in [0.1, 0.15) is 61.6 Å². The summed E-state index contributed by atoms with van der Waals surface area (Å²) in [6, 6.07) is 2.63. The lowest BCUT2D eigenvalue weighted by atomic mass is 9.80. The molecule has 1 aromatic rings. The fourth-order valence-electron chi connectivity index (χ4n) is 2.05. The third kappa shape index (κ3) is 2.70. The molecule has 0 fully saturated rings. The van der Waals surface area contributed by atoms with Crippen LogP contribution in [-0.4, -0.2) is 11.1 Å². The summed E-state index contributed by atoms with van der Waals surface area (Å²) in [5, 5.41) is 8.97. The van der Waals surface area contributed by atoms with Crippen molar-refractivity contribution in [3.63, 3.8) is 0 Å². The second-order valence-electron chi connectivity index (χ2n) is 5.46. The van der Waals surface area contributed by atoms with E-state index in [1.54, 1.807) is 6.07 Å². The zero-order valence-corrected chi connectivity index (χ0v) is 11.2. The first-order chi connectivity index (χ1) is 8.20. The Morgan fingerprint density at radius 2 is 2.00 bits per heavy atom. The van der Waals surface area contributed by atoms with Gasteiger partial charge in [0.2, 0.25) is 0 Å². The second-order valence-corrected chi connectivity index (χ2v) is 5.46. The maximum atomic E-state index is 14.3. The van der Waals surface area contributed by atoms with Gasteiger partial charge in [0.1, 0.15) is 5.82 Å². The maximum absolute atomic E-state index is 14.3. The molecule has 0 bridgehead atoms. The van der Waals surface area contributed by atoms with Gasteiger partial charge in [-0.3, -0.25) is 0 Å². The largest absolute Gasteiger partial charge is 0.478 e. The van der Waals surface area contributed by atoms with Gasteiger partial charge in [-0.05, 0) is 29.0 Å². The molecule has 18 heavy (non-hydrogen) atoms. The molecule has 0 aliphatic rings. The maximum Gasteiger partial charge on any atom is 0.338 e. The summed E-state index contributed by atoms with van der Waals surface area (Å²) in [6.07, 6.45) is 0.676. The predicted molar refractivity (Wildman–Crippen MR) is 69.3 cm³/mol. The van der Waals surface area contributed by atoms with Crippen LogP contribution in [-0.2, 0) is 5.41 Å². The molecular formula is C14H20FNO2. The second kappa shape index (κ2) is 5.06. The molecule has 1 atom stereocenters. The molecule has 4 heteroatoms. The minimum atomic E-state index is -1.25. The molecule has 1 unspecified atom stereocenters. The Morgan fingerprint density at radius 1 is 1.44 bits per heavy atom. The molecule has 1 rings (SSSR count). The number of rotatable bonds is 3. The van der Waals surface area contributed by atoms with E-state index in [9.17, 15) is 9.18 Å². The number of hydrogen-bond acceptors (Lipinski definition) is 2. The number of nitrogens with two attached hydrogens (primary N) is 1. The molecular weight excluding hydrogens is 233 g/mol. The molecule has 100 valence electrons. The molecule has 0 spiro atoms. The van der Waals surface area contributed by atoms with Gasteiger partial charge in [-0.1, -0.05) is 33.8 Å². The quantitative estimate of drug-likeness (QED) is 0.869. The number of hydrogen-bond donors (Lipinski definition) is 2. The molecule has 0 heterocycles. The van der Waals surface area contributed by atoms with Gasteiger partial charge in [0.15, 0.2) is 0 Å². The van der Waals surface area contributed by atoms with Crippen LogP contribution in [0.5, 0.6) is 0 Å². The Balaban J connectivity index is 3.57. The van der Waals surface area contributed by atoms with Crippen LogP contribution in [0.2, 0.25) is 0 Å². The molecule has 0 saturated heterocycles. The Hall–Kier alpha value is -1.42. The first kappa shape index (κ1) is 14.6. The lowest BCUT2D eigenvalue weighted by molar-refractivity contribution is 0.0691. The van der Waals surface area contributed by atoms with Crippen molar-refractivity contribution in [2.24, 2.45) is 5.73 Å². The molecule has 0 radical (unpaired) electrons. The minimum absolute atomic E-state index is 0.281. The average Bonchev–Trinajstić information content (AvgIpc) is 2.25. The molecule has 0 amide bonds. The van der Waals surface area contributed by atoms with E-state index >= 15 is 0 Å². The van der Waals surface area contributed by atoms with E-state index in [2.05, 4.69) is 0 Å². The highest BCUT2D eigenvalue weighted by molar-refractivity contribution is 5.88. The smallest absolute Gasteiger partial charge is 0.338 e. The number of halogens is 1. The van der Waals surface area contributed by atoms with Crippen LogP contribution >= 0.6 is 0 Å². The molecule has 3 nitrogen and oxygen atoms in total. The van der Waals surface area contributed by atoms with Crippen molar-refractivity contribution in [3.8, 4) is 0 Å². The van der Waals surface area contributed by atoms with Gasteiger partial charge in [0.05, 0.1) is 5.56 Å². The van der Waals surface area contributed by atoms with Crippen LogP contribution in [0.4, 0.5) is 4.39 Å². The minimum Gasteiger partial charge on any atom is -0.478 e. The third-order valence-electron chi connectivity index (χ3n) is 2.99. The molecule has 0 aliphatic carbocycles. The van der Waals surface area contributed by atoms with Crippen molar-refractivity contribution in [1.29, 1.82) is 0 Å². The number of benzene rings is 1. The first-order valence-electron chi connectivity index (χ1n) is 6.01. The van der Waals surface area contributed by atoms with Gasteiger partial charge < -0.3 is 10.8 Å². The lowest BCUT2D eigenvalue weighted by Crippen LogP contribution is -2.23. The average molecular weight is 253 g/mol. The Bertz CT molecular complexity index is 464. The van der Waals surface area contributed by atoms with Gasteiger partial charge in [0, 0.05) is 6.04 Å². The highest BCUT2D eigenvalue weighted by Gasteiger charge is 2.28. The van der Waals surface area contributed by atoms with Crippen molar-refractivity contribution in [1.82, 2.24) is 0 Å². The van der Waals surface area contributed by atoms with Gasteiger partial charge in [-0.15, -0.1) is 0 Å². The van der Waals surface area contributed by atoms with Gasteiger partial charge in [0.25, 0.3) is 0 Å². The Morgan fingerprint density at radius 3 is 2.39 bits per heavy atom. The summed E-state index contributed by atoms with van der Waals surface area (Å²) in [7, 11) is 0. The van der Waals surface area contributed by atoms with E-state index in [-0.39, 0.29) is 11.6 Å². The van der Waals surface area contributed by atoms with E-state index in [0.717, 1.165) is 0 Å². The summed E-state index contributed by atoms with van der Waals surface area (Å²) in [5.74, 6) is -1.92. The van der Waals surface area contributed by atoms with Crippen LogP contribution in [0, 0.1) is 5.82 Å². The standard InChI is InChI=1S/C14H20FNO2/c1-5-10(16)8-6-7-9(13(17)18)12(15)11(8)14(2,3)4/h6-7,10H,5,16H2,1-4H3,(H,17,18).